The van der Waals surface area contributed by atoms with E-state index in [9.17, 15) is 0 Å². The van der Waals surface area contributed by atoms with Gasteiger partial charge >= 0.3 is 0 Å². The number of aromatic amines is 1. The maximum atomic E-state index is 4.36. The molecule has 2 N–H and O–H groups in total. The standard InChI is InChI=1S/C13H9N7S/c1-2-6-10-8(4-1)16-13(21-10)19-20-18-12-15-9-5-3-7-14-11(9)17-12/h1-7H,(H2,14,15,16,17,18,19). The van der Waals surface area contributed by atoms with E-state index in [1.54, 1.807) is 6.20 Å². The van der Waals surface area contributed by atoms with Crippen LogP contribution in [0.3, 0.4) is 0 Å². The van der Waals surface area contributed by atoms with Crippen LogP contribution in [0.1, 0.15) is 0 Å². The van der Waals surface area contributed by atoms with Gasteiger partial charge in [0.1, 0.15) is 0 Å². The molecule has 0 unspecified atom stereocenters. The van der Waals surface area contributed by atoms with Crippen LogP contribution in [0.5, 0.6) is 0 Å². The summed E-state index contributed by atoms with van der Waals surface area (Å²) in [5.41, 5.74) is 5.14. The zero-order valence-corrected chi connectivity index (χ0v) is 11.5. The summed E-state index contributed by atoms with van der Waals surface area (Å²) in [4.78, 5) is 15.8. The summed E-state index contributed by atoms with van der Waals surface area (Å²) >= 11 is 1.48. The zero-order valence-electron chi connectivity index (χ0n) is 10.7. The number of nitrogens with zero attached hydrogens (tertiary/aromatic N) is 5. The Balaban J connectivity index is 1.55. The molecule has 0 amide bonds. The van der Waals surface area contributed by atoms with Crippen LogP contribution in [0.4, 0.5) is 11.1 Å². The van der Waals surface area contributed by atoms with Crippen molar-refractivity contribution in [1.82, 2.24) is 19.9 Å². The fraction of sp³-hybridized carbons (Fsp3) is 0. The highest BCUT2D eigenvalue weighted by atomic mass is 32.1. The van der Waals surface area contributed by atoms with Gasteiger partial charge in [-0.3, -0.25) is 0 Å². The Labute approximate surface area is 122 Å². The number of thiazole rings is 1. The number of rotatable bonds is 3. The predicted molar refractivity (Wildman–Crippen MR) is 81.6 cm³/mol. The molecule has 0 aliphatic heterocycles. The molecule has 102 valence electrons. The van der Waals surface area contributed by atoms with Crippen molar-refractivity contribution in [2.75, 3.05) is 5.43 Å². The van der Waals surface area contributed by atoms with Gasteiger partial charge in [-0.15, -0.1) is 5.11 Å². The number of hydrogen-bond acceptors (Lipinski definition) is 6. The van der Waals surface area contributed by atoms with Gasteiger partial charge in [0.2, 0.25) is 11.1 Å². The lowest BCUT2D eigenvalue weighted by Gasteiger charge is -1.89. The second-order valence-corrected chi connectivity index (χ2v) is 5.25. The van der Waals surface area contributed by atoms with Crippen molar-refractivity contribution in [3.05, 3.63) is 42.6 Å². The third kappa shape index (κ3) is 2.32. The minimum atomic E-state index is 0.494. The Morgan fingerprint density at radius 1 is 1.10 bits per heavy atom. The van der Waals surface area contributed by atoms with E-state index in [1.165, 1.54) is 11.3 Å². The molecule has 0 aliphatic carbocycles. The average Bonchev–Trinajstić information content (AvgIpc) is 3.09. The first-order chi connectivity index (χ1) is 10.4. The summed E-state index contributed by atoms with van der Waals surface area (Å²) in [6.07, 6.45) is 1.69. The molecule has 0 saturated heterocycles. The fourth-order valence-corrected chi connectivity index (χ4v) is 2.70. The lowest BCUT2D eigenvalue weighted by Crippen LogP contribution is -1.87. The molecular weight excluding hydrogens is 286 g/mol. The highest BCUT2D eigenvalue weighted by Crippen LogP contribution is 2.27. The Morgan fingerprint density at radius 3 is 2.95 bits per heavy atom. The van der Waals surface area contributed by atoms with E-state index < -0.39 is 0 Å². The van der Waals surface area contributed by atoms with Gasteiger partial charge in [-0.05, 0) is 24.3 Å². The van der Waals surface area contributed by atoms with Crippen LogP contribution in [-0.2, 0) is 0 Å². The Hall–Kier alpha value is -2.87. The normalized spacial score (nSPS) is 11.6. The van der Waals surface area contributed by atoms with Crippen LogP contribution in [0.25, 0.3) is 21.4 Å². The first-order valence-electron chi connectivity index (χ1n) is 6.21. The van der Waals surface area contributed by atoms with E-state index in [-0.39, 0.29) is 0 Å². The number of para-hydroxylation sites is 1. The number of fused-ring (bicyclic) bond motifs is 2. The summed E-state index contributed by atoms with van der Waals surface area (Å²) in [7, 11) is 0. The van der Waals surface area contributed by atoms with Crippen molar-refractivity contribution in [2.24, 2.45) is 10.3 Å². The highest BCUT2D eigenvalue weighted by Gasteiger charge is 2.03. The number of anilines is 1. The lowest BCUT2D eigenvalue weighted by molar-refractivity contribution is 1.08. The van der Waals surface area contributed by atoms with E-state index in [1.807, 2.05) is 36.4 Å². The van der Waals surface area contributed by atoms with Crippen molar-refractivity contribution in [1.29, 1.82) is 0 Å². The number of H-pyrrole nitrogens is 1. The van der Waals surface area contributed by atoms with Gasteiger partial charge in [-0.25, -0.2) is 15.4 Å². The molecule has 0 atom stereocenters. The van der Waals surface area contributed by atoms with Crippen molar-refractivity contribution in [3.63, 3.8) is 0 Å². The molecule has 21 heavy (non-hydrogen) atoms. The van der Waals surface area contributed by atoms with Crippen LogP contribution < -0.4 is 5.43 Å². The van der Waals surface area contributed by atoms with Crippen molar-refractivity contribution >= 4 is 43.8 Å². The molecule has 3 heterocycles. The molecule has 3 aromatic heterocycles. The van der Waals surface area contributed by atoms with Crippen LogP contribution in [0.2, 0.25) is 0 Å². The molecule has 0 radical (unpaired) electrons. The molecule has 1 aromatic carbocycles. The first kappa shape index (κ1) is 11.9. The molecule has 4 aromatic rings. The quantitative estimate of drug-likeness (QED) is 0.445. The number of imidazole rings is 1. The van der Waals surface area contributed by atoms with Gasteiger partial charge in [0.25, 0.3) is 0 Å². The predicted octanol–water partition coefficient (Wildman–Crippen LogP) is 3.68. The second-order valence-electron chi connectivity index (χ2n) is 4.24. The van der Waals surface area contributed by atoms with Gasteiger partial charge in [0, 0.05) is 6.20 Å². The number of nitrogens with one attached hydrogen (secondary N) is 2. The molecule has 0 aliphatic rings. The highest BCUT2D eigenvalue weighted by molar-refractivity contribution is 7.21. The van der Waals surface area contributed by atoms with Crippen molar-refractivity contribution in [3.8, 4) is 0 Å². The Kier molecular flexibility index (Phi) is 2.79. The molecule has 0 saturated carbocycles. The second kappa shape index (κ2) is 4.91. The number of benzene rings is 1. The lowest BCUT2D eigenvalue weighted by atomic mass is 10.3. The largest absolute Gasteiger partial charge is 0.321 e. The molecule has 0 fully saturated rings. The van der Waals surface area contributed by atoms with Crippen LogP contribution in [0.15, 0.2) is 52.9 Å². The summed E-state index contributed by atoms with van der Waals surface area (Å²) in [5.74, 6) is 0.494. The number of aromatic nitrogens is 4. The summed E-state index contributed by atoms with van der Waals surface area (Å²) in [5, 5.41) is 8.55. The molecule has 0 bridgehead atoms. The summed E-state index contributed by atoms with van der Waals surface area (Å²) in [6, 6.07) is 11.6. The Bertz CT molecular complexity index is 874. The van der Waals surface area contributed by atoms with Crippen LogP contribution in [0, 0.1) is 0 Å². The van der Waals surface area contributed by atoms with E-state index in [2.05, 4.69) is 35.7 Å². The van der Waals surface area contributed by atoms with E-state index >= 15 is 0 Å². The Morgan fingerprint density at radius 2 is 2.05 bits per heavy atom. The van der Waals surface area contributed by atoms with E-state index in [0.29, 0.717) is 16.7 Å². The van der Waals surface area contributed by atoms with E-state index in [4.69, 9.17) is 0 Å². The van der Waals surface area contributed by atoms with Gasteiger partial charge in [-0.1, -0.05) is 28.7 Å². The fourth-order valence-electron chi connectivity index (χ4n) is 1.92. The SMILES string of the molecule is c1ccc2sc(N=NNc3nc4ncccc4[nH]3)nc2c1. The first-order valence-corrected chi connectivity index (χ1v) is 7.03. The van der Waals surface area contributed by atoms with Crippen LogP contribution in [-0.4, -0.2) is 19.9 Å². The zero-order chi connectivity index (χ0) is 14.1. The summed E-state index contributed by atoms with van der Waals surface area (Å²) < 4.78 is 1.08. The smallest absolute Gasteiger partial charge is 0.232 e. The van der Waals surface area contributed by atoms with Gasteiger partial charge < -0.3 is 4.98 Å². The molecule has 0 spiro atoms. The molecular formula is C13H9N7S. The number of pyridine rings is 1. The molecule has 8 heteroatoms. The average molecular weight is 295 g/mol. The third-order valence-electron chi connectivity index (χ3n) is 2.83. The van der Waals surface area contributed by atoms with E-state index in [0.717, 1.165) is 15.7 Å². The van der Waals surface area contributed by atoms with Crippen molar-refractivity contribution < 1.29 is 0 Å². The van der Waals surface area contributed by atoms with Crippen molar-refractivity contribution in [2.45, 2.75) is 0 Å². The molecule has 4 rings (SSSR count). The van der Waals surface area contributed by atoms with Gasteiger partial charge in [0.05, 0.1) is 15.7 Å². The van der Waals surface area contributed by atoms with Gasteiger partial charge in [-0.2, -0.15) is 4.98 Å². The summed E-state index contributed by atoms with van der Waals surface area (Å²) in [6.45, 7) is 0. The minimum absolute atomic E-state index is 0.494. The minimum Gasteiger partial charge on any atom is -0.321 e. The monoisotopic (exact) mass is 295 g/mol. The van der Waals surface area contributed by atoms with Gasteiger partial charge in [0.15, 0.2) is 5.65 Å². The maximum Gasteiger partial charge on any atom is 0.232 e. The maximum absolute atomic E-state index is 4.36. The number of hydrogen-bond donors (Lipinski definition) is 2. The molecule has 7 nitrogen and oxygen atoms in total. The topological polar surface area (TPSA) is 91.2 Å². The third-order valence-corrected chi connectivity index (χ3v) is 3.75. The van der Waals surface area contributed by atoms with Crippen LogP contribution >= 0.6 is 11.3 Å².